The molecule has 19 heavy (non-hydrogen) atoms. The van der Waals surface area contributed by atoms with Crippen molar-refractivity contribution in [2.75, 3.05) is 19.6 Å². The Kier molecular flexibility index (Phi) is 2.70. The quantitative estimate of drug-likeness (QED) is 0.796. The predicted octanol–water partition coefficient (Wildman–Crippen LogP) is 2.73. The molecule has 3 unspecified atom stereocenters. The second-order valence-corrected chi connectivity index (χ2v) is 7.02. The zero-order chi connectivity index (χ0) is 13.0. The lowest BCUT2D eigenvalue weighted by molar-refractivity contribution is -0.0736. The van der Waals surface area contributed by atoms with Crippen molar-refractivity contribution in [2.45, 2.75) is 31.0 Å². The van der Waals surface area contributed by atoms with E-state index in [1.807, 2.05) is 18.2 Å². The number of piperidine rings is 1. The van der Waals surface area contributed by atoms with Crippen LogP contribution in [0, 0.1) is 5.92 Å². The molecule has 4 atom stereocenters. The van der Waals surface area contributed by atoms with E-state index in [1.165, 1.54) is 13.0 Å². The fourth-order valence-corrected chi connectivity index (χ4v) is 4.37. The van der Waals surface area contributed by atoms with Gasteiger partial charge < -0.3 is 14.7 Å². The van der Waals surface area contributed by atoms with Crippen LogP contribution in [0.15, 0.2) is 22.7 Å². The number of aliphatic hydroxyl groups excluding tert-OH is 1. The Balaban J connectivity index is 1.72. The number of hydrogen-bond donors (Lipinski definition) is 1. The molecule has 3 aliphatic rings. The maximum atomic E-state index is 10.5. The SMILES string of the molecule is O[C@H]1CC2(CCN3CCC2C3)Oc2ccc(Br)cc21. The molecule has 2 saturated heterocycles. The van der Waals surface area contributed by atoms with Gasteiger partial charge in [0.1, 0.15) is 11.4 Å². The summed E-state index contributed by atoms with van der Waals surface area (Å²) in [6.07, 6.45) is 2.60. The predicted molar refractivity (Wildman–Crippen MR) is 76.2 cm³/mol. The van der Waals surface area contributed by atoms with Gasteiger partial charge in [-0.25, -0.2) is 0 Å². The molecule has 3 heterocycles. The normalized spacial score (nSPS) is 40.0. The van der Waals surface area contributed by atoms with E-state index in [-0.39, 0.29) is 5.60 Å². The van der Waals surface area contributed by atoms with Crippen molar-refractivity contribution in [2.24, 2.45) is 5.92 Å². The summed E-state index contributed by atoms with van der Waals surface area (Å²) in [5, 5.41) is 10.5. The largest absolute Gasteiger partial charge is 0.486 e. The van der Waals surface area contributed by atoms with Crippen molar-refractivity contribution in [3.05, 3.63) is 28.2 Å². The molecule has 3 nitrogen and oxygen atoms in total. The van der Waals surface area contributed by atoms with Gasteiger partial charge >= 0.3 is 0 Å². The lowest BCUT2D eigenvalue weighted by Gasteiger charge is -2.47. The average molecular weight is 324 g/mol. The Morgan fingerprint density at radius 1 is 1.37 bits per heavy atom. The van der Waals surface area contributed by atoms with E-state index in [0.717, 1.165) is 41.7 Å². The molecule has 4 heteroatoms. The maximum Gasteiger partial charge on any atom is 0.126 e. The van der Waals surface area contributed by atoms with Gasteiger partial charge in [0.2, 0.25) is 0 Å². The van der Waals surface area contributed by atoms with Crippen LogP contribution in [0.2, 0.25) is 0 Å². The van der Waals surface area contributed by atoms with Gasteiger partial charge in [-0.1, -0.05) is 15.9 Å². The molecule has 4 rings (SSSR count). The summed E-state index contributed by atoms with van der Waals surface area (Å²) in [6.45, 7) is 3.44. The molecule has 102 valence electrons. The van der Waals surface area contributed by atoms with E-state index in [2.05, 4.69) is 20.8 Å². The van der Waals surface area contributed by atoms with Gasteiger partial charge in [-0.2, -0.15) is 0 Å². The Labute approximate surface area is 121 Å². The molecule has 1 aromatic rings. The zero-order valence-electron chi connectivity index (χ0n) is 10.8. The monoisotopic (exact) mass is 323 g/mol. The van der Waals surface area contributed by atoms with Gasteiger partial charge in [0.25, 0.3) is 0 Å². The van der Waals surface area contributed by atoms with E-state index in [9.17, 15) is 5.11 Å². The minimum Gasteiger partial charge on any atom is -0.486 e. The van der Waals surface area contributed by atoms with Gasteiger partial charge in [-0.3, -0.25) is 0 Å². The van der Waals surface area contributed by atoms with Gasteiger partial charge in [0, 0.05) is 41.9 Å². The second-order valence-electron chi connectivity index (χ2n) is 6.11. The highest BCUT2D eigenvalue weighted by Crippen LogP contribution is 2.49. The first kappa shape index (κ1) is 12.2. The molecule has 2 fully saturated rings. The molecule has 1 N–H and O–H groups in total. The van der Waals surface area contributed by atoms with Crippen molar-refractivity contribution in [1.82, 2.24) is 4.90 Å². The molecular formula is C15H18BrNO2. The number of aliphatic hydroxyl groups is 1. The first-order valence-electron chi connectivity index (χ1n) is 7.05. The third-order valence-corrected chi connectivity index (χ3v) is 5.54. The molecule has 1 aromatic carbocycles. The van der Waals surface area contributed by atoms with Gasteiger partial charge in [-0.15, -0.1) is 0 Å². The fraction of sp³-hybridized carbons (Fsp3) is 0.600. The van der Waals surface area contributed by atoms with Crippen LogP contribution in [0.4, 0.5) is 0 Å². The Hall–Kier alpha value is -0.580. The fourth-order valence-electron chi connectivity index (χ4n) is 3.99. The van der Waals surface area contributed by atoms with Gasteiger partial charge in [-0.05, 0) is 31.2 Å². The van der Waals surface area contributed by atoms with E-state index in [0.29, 0.717) is 5.92 Å². The number of rotatable bonds is 0. The molecule has 1 spiro atoms. The van der Waals surface area contributed by atoms with Gasteiger partial charge in [0.05, 0.1) is 6.10 Å². The summed E-state index contributed by atoms with van der Waals surface area (Å²) in [4.78, 5) is 2.52. The second kappa shape index (κ2) is 4.21. The van der Waals surface area contributed by atoms with E-state index < -0.39 is 6.10 Å². The zero-order valence-corrected chi connectivity index (χ0v) is 12.4. The Morgan fingerprint density at radius 2 is 2.26 bits per heavy atom. The Bertz CT molecular complexity index is 521. The summed E-state index contributed by atoms with van der Waals surface area (Å²) in [5.74, 6) is 1.45. The smallest absolute Gasteiger partial charge is 0.126 e. The van der Waals surface area contributed by atoms with Crippen molar-refractivity contribution < 1.29 is 9.84 Å². The number of fused-ring (bicyclic) bond motifs is 4. The van der Waals surface area contributed by atoms with Crippen LogP contribution in [0.5, 0.6) is 5.75 Å². The number of hydrogen-bond acceptors (Lipinski definition) is 3. The van der Waals surface area contributed by atoms with Crippen LogP contribution in [0.3, 0.4) is 0 Å². The van der Waals surface area contributed by atoms with E-state index in [1.54, 1.807) is 0 Å². The molecule has 0 saturated carbocycles. The highest BCUT2D eigenvalue weighted by molar-refractivity contribution is 9.10. The standard InChI is InChI=1S/C15H18BrNO2/c16-11-1-2-14-12(7-11)13(18)8-15(19-14)4-6-17-5-3-10(15)9-17/h1-2,7,10,13,18H,3-6,8-9H2/t10?,13-,15?/m0/s1. The van der Waals surface area contributed by atoms with Crippen LogP contribution < -0.4 is 4.74 Å². The van der Waals surface area contributed by atoms with Crippen LogP contribution in [0.1, 0.15) is 30.9 Å². The summed E-state index contributed by atoms with van der Waals surface area (Å²) < 4.78 is 7.41. The van der Waals surface area contributed by atoms with Crippen molar-refractivity contribution in [3.63, 3.8) is 0 Å². The lowest BCUT2D eigenvalue weighted by Crippen LogP contribution is -2.53. The first-order valence-corrected chi connectivity index (χ1v) is 7.84. The summed E-state index contributed by atoms with van der Waals surface area (Å²) >= 11 is 3.46. The molecule has 0 radical (unpaired) electrons. The highest BCUT2D eigenvalue weighted by Gasteiger charge is 2.51. The molecule has 0 aliphatic carbocycles. The lowest BCUT2D eigenvalue weighted by atomic mass is 9.75. The summed E-state index contributed by atoms with van der Waals surface area (Å²) in [7, 11) is 0. The van der Waals surface area contributed by atoms with Crippen LogP contribution in [-0.2, 0) is 0 Å². The van der Waals surface area contributed by atoms with Crippen molar-refractivity contribution >= 4 is 15.9 Å². The van der Waals surface area contributed by atoms with Gasteiger partial charge in [0.15, 0.2) is 0 Å². The van der Waals surface area contributed by atoms with Crippen LogP contribution >= 0.6 is 15.9 Å². The molecular weight excluding hydrogens is 306 g/mol. The third-order valence-electron chi connectivity index (χ3n) is 5.05. The minimum atomic E-state index is -0.395. The topological polar surface area (TPSA) is 32.7 Å². The van der Waals surface area contributed by atoms with E-state index in [4.69, 9.17) is 4.74 Å². The highest BCUT2D eigenvalue weighted by atomic mass is 79.9. The number of benzene rings is 1. The van der Waals surface area contributed by atoms with Crippen molar-refractivity contribution in [3.8, 4) is 5.75 Å². The first-order chi connectivity index (χ1) is 9.16. The summed E-state index contributed by atoms with van der Waals surface area (Å²) in [6, 6.07) is 5.97. The molecule has 2 bridgehead atoms. The van der Waals surface area contributed by atoms with Crippen LogP contribution in [-0.4, -0.2) is 35.2 Å². The maximum absolute atomic E-state index is 10.5. The molecule has 0 amide bonds. The third kappa shape index (κ3) is 1.84. The number of nitrogens with zero attached hydrogens (tertiary/aromatic N) is 1. The molecule has 0 aromatic heterocycles. The average Bonchev–Trinajstić information content (AvgIpc) is 2.81. The van der Waals surface area contributed by atoms with Crippen molar-refractivity contribution in [1.29, 1.82) is 0 Å². The van der Waals surface area contributed by atoms with E-state index >= 15 is 0 Å². The van der Waals surface area contributed by atoms with Crippen LogP contribution in [0.25, 0.3) is 0 Å². The summed E-state index contributed by atoms with van der Waals surface area (Å²) in [5.41, 5.74) is 0.799. The minimum absolute atomic E-state index is 0.132. The number of halogens is 1. The number of ether oxygens (including phenoxy) is 1. The Morgan fingerprint density at radius 3 is 3.16 bits per heavy atom. The molecule has 3 aliphatic heterocycles.